The Bertz CT molecular complexity index is 1150. The summed E-state index contributed by atoms with van der Waals surface area (Å²) < 4.78 is 22.3. The summed E-state index contributed by atoms with van der Waals surface area (Å²) in [6.07, 6.45) is 1.92. The number of amides is 1. The van der Waals surface area contributed by atoms with Gasteiger partial charge in [-0.2, -0.15) is 0 Å². The van der Waals surface area contributed by atoms with E-state index in [-0.39, 0.29) is 12.3 Å². The number of rotatable bonds is 10. The lowest BCUT2D eigenvalue weighted by atomic mass is 10.1. The van der Waals surface area contributed by atoms with Crippen LogP contribution in [0.15, 0.2) is 90.8 Å². The van der Waals surface area contributed by atoms with Gasteiger partial charge in [0, 0.05) is 18.5 Å². The molecule has 0 bridgehead atoms. The van der Waals surface area contributed by atoms with Gasteiger partial charge in [0.1, 0.15) is 23.5 Å². The van der Waals surface area contributed by atoms with Crippen LogP contribution in [0.4, 0.5) is 4.79 Å². The number of methoxy groups -OCH3 is 1. The van der Waals surface area contributed by atoms with Crippen molar-refractivity contribution in [3.8, 4) is 17.2 Å². The second-order valence-electron chi connectivity index (χ2n) is 8.39. The first-order valence-electron chi connectivity index (χ1n) is 12.1. The Morgan fingerprint density at radius 1 is 0.972 bits per heavy atom. The minimum absolute atomic E-state index is 0.153. The fourth-order valence-electron chi connectivity index (χ4n) is 3.97. The highest BCUT2D eigenvalue weighted by Crippen LogP contribution is 2.26. The Morgan fingerprint density at radius 3 is 2.31 bits per heavy atom. The summed E-state index contributed by atoms with van der Waals surface area (Å²) in [4.78, 5) is 14.5. The van der Waals surface area contributed by atoms with E-state index in [9.17, 15) is 4.79 Å². The molecular weight excluding hydrogens is 456 g/mol. The molecule has 0 fully saturated rings. The van der Waals surface area contributed by atoms with Crippen molar-refractivity contribution in [2.75, 3.05) is 20.3 Å². The predicted octanol–water partition coefficient (Wildman–Crippen LogP) is 6.21. The van der Waals surface area contributed by atoms with E-state index < -0.39 is 6.09 Å². The van der Waals surface area contributed by atoms with Crippen LogP contribution in [-0.4, -0.2) is 31.3 Å². The molecule has 2 atom stereocenters. The van der Waals surface area contributed by atoms with Crippen molar-refractivity contribution in [1.82, 2.24) is 10.2 Å². The van der Waals surface area contributed by atoms with Crippen LogP contribution >= 0.6 is 0 Å². The molecule has 4 rings (SSSR count). The third-order valence-electron chi connectivity index (χ3n) is 6.08. The van der Waals surface area contributed by atoms with Crippen molar-refractivity contribution in [3.05, 3.63) is 102 Å². The molecule has 0 radical (unpaired) electrons. The van der Waals surface area contributed by atoms with Gasteiger partial charge in [0.05, 0.1) is 25.5 Å². The number of hydrogen-bond acceptors (Lipinski definition) is 6. The first-order valence-corrected chi connectivity index (χ1v) is 12.1. The minimum Gasteiger partial charge on any atom is -0.497 e. The van der Waals surface area contributed by atoms with Crippen LogP contribution in [0.1, 0.15) is 43.7 Å². The highest BCUT2D eigenvalue weighted by molar-refractivity contribution is 5.71. The van der Waals surface area contributed by atoms with Crippen LogP contribution in [0.25, 0.3) is 0 Å². The lowest BCUT2D eigenvalue weighted by Crippen LogP contribution is -2.35. The Labute approximate surface area is 212 Å². The van der Waals surface area contributed by atoms with E-state index in [2.05, 4.69) is 5.32 Å². The summed E-state index contributed by atoms with van der Waals surface area (Å²) in [5, 5.41) is 3.37. The van der Waals surface area contributed by atoms with E-state index in [1.807, 2.05) is 68.4 Å². The molecule has 1 N–H and O–H groups in total. The average Bonchev–Trinajstić information content (AvgIpc) is 3.39. The molecular formula is C29H32N2O5. The molecule has 1 aliphatic rings. The molecule has 7 nitrogen and oxygen atoms in total. The molecule has 1 amide bonds. The van der Waals surface area contributed by atoms with Gasteiger partial charge in [0.15, 0.2) is 6.23 Å². The summed E-state index contributed by atoms with van der Waals surface area (Å²) in [5.41, 5.74) is 3.08. The SMILES string of the molecule is CCN(C(=O)Oc1ccc(OC)cc1)[C@@H](C)c1ccc(OCCC2=COC(c3ccccc3)N2)cc1. The van der Waals surface area contributed by atoms with E-state index in [0.29, 0.717) is 31.1 Å². The van der Waals surface area contributed by atoms with Crippen LogP contribution < -0.4 is 19.5 Å². The number of carbonyl (C=O) groups excluding carboxylic acids is 1. The molecule has 36 heavy (non-hydrogen) atoms. The molecule has 7 heteroatoms. The number of nitrogens with one attached hydrogen (secondary N) is 1. The van der Waals surface area contributed by atoms with Crippen molar-refractivity contribution in [2.24, 2.45) is 0 Å². The van der Waals surface area contributed by atoms with Gasteiger partial charge < -0.3 is 29.2 Å². The van der Waals surface area contributed by atoms with Gasteiger partial charge in [-0.15, -0.1) is 0 Å². The maximum absolute atomic E-state index is 12.8. The third-order valence-corrected chi connectivity index (χ3v) is 6.08. The van der Waals surface area contributed by atoms with Gasteiger partial charge in [0.25, 0.3) is 0 Å². The van der Waals surface area contributed by atoms with E-state index in [1.54, 1.807) is 42.5 Å². The zero-order valence-corrected chi connectivity index (χ0v) is 20.8. The van der Waals surface area contributed by atoms with Gasteiger partial charge in [-0.1, -0.05) is 42.5 Å². The quantitative estimate of drug-likeness (QED) is 0.366. The molecule has 188 valence electrons. The van der Waals surface area contributed by atoms with Crippen LogP contribution in [-0.2, 0) is 4.74 Å². The highest BCUT2D eigenvalue weighted by atomic mass is 16.6. The van der Waals surface area contributed by atoms with Crippen molar-refractivity contribution in [1.29, 1.82) is 0 Å². The molecule has 1 heterocycles. The summed E-state index contributed by atoms with van der Waals surface area (Å²) in [5.74, 6) is 1.95. The van der Waals surface area contributed by atoms with E-state index >= 15 is 0 Å². The summed E-state index contributed by atoms with van der Waals surface area (Å²) in [7, 11) is 1.60. The summed E-state index contributed by atoms with van der Waals surface area (Å²) >= 11 is 0. The maximum Gasteiger partial charge on any atom is 0.415 e. The fraction of sp³-hybridized carbons (Fsp3) is 0.276. The monoisotopic (exact) mass is 488 g/mol. The van der Waals surface area contributed by atoms with Gasteiger partial charge in [-0.3, -0.25) is 0 Å². The predicted molar refractivity (Wildman–Crippen MR) is 138 cm³/mol. The summed E-state index contributed by atoms with van der Waals surface area (Å²) in [6, 6.07) is 24.6. The van der Waals surface area contributed by atoms with Crippen molar-refractivity contribution < 1.29 is 23.7 Å². The molecule has 3 aromatic carbocycles. The number of benzene rings is 3. The van der Waals surface area contributed by atoms with Crippen LogP contribution in [0.5, 0.6) is 17.2 Å². The largest absolute Gasteiger partial charge is 0.497 e. The molecule has 0 saturated heterocycles. The number of ether oxygens (including phenoxy) is 4. The first-order chi connectivity index (χ1) is 17.6. The van der Waals surface area contributed by atoms with E-state index in [1.165, 1.54) is 0 Å². The summed E-state index contributed by atoms with van der Waals surface area (Å²) in [6.45, 7) is 4.95. The third kappa shape index (κ3) is 6.30. The van der Waals surface area contributed by atoms with Gasteiger partial charge in [-0.05, 0) is 55.8 Å². The second-order valence-corrected chi connectivity index (χ2v) is 8.39. The highest BCUT2D eigenvalue weighted by Gasteiger charge is 2.22. The van der Waals surface area contributed by atoms with Gasteiger partial charge in [0.2, 0.25) is 0 Å². The van der Waals surface area contributed by atoms with Crippen molar-refractivity contribution >= 4 is 6.09 Å². The Kier molecular flexibility index (Phi) is 8.34. The molecule has 0 aromatic heterocycles. The van der Waals surface area contributed by atoms with E-state index in [0.717, 1.165) is 22.6 Å². The van der Waals surface area contributed by atoms with Gasteiger partial charge in [-0.25, -0.2) is 4.79 Å². The fourth-order valence-corrected chi connectivity index (χ4v) is 3.97. The maximum atomic E-state index is 12.8. The number of nitrogens with zero attached hydrogens (tertiary/aromatic N) is 1. The lowest BCUT2D eigenvalue weighted by Gasteiger charge is -2.27. The average molecular weight is 489 g/mol. The minimum atomic E-state index is -0.399. The van der Waals surface area contributed by atoms with Crippen molar-refractivity contribution in [3.63, 3.8) is 0 Å². The number of carbonyl (C=O) groups is 1. The standard InChI is InChI=1S/C29H32N2O5/c1-4-31(29(32)36-27-16-14-25(33-3)15-17-27)21(2)22-10-12-26(13-11-22)34-19-18-24-20-35-28(30-24)23-8-6-5-7-9-23/h5-17,20-21,28,30H,4,18-19H2,1-3H3/t21-,28?/m0/s1. The first kappa shape index (κ1) is 25.0. The Morgan fingerprint density at radius 2 is 1.64 bits per heavy atom. The molecule has 1 aliphatic heterocycles. The smallest absolute Gasteiger partial charge is 0.415 e. The van der Waals surface area contributed by atoms with Crippen LogP contribution in [0.3, 0.4) is 0 Å². The zero-order chi connectivity index (χ0) is 25.3. The normalized spacial score (nSPS) is 15.2. The van der Waals surface area contributed by atoms with E-state index in [4.69, 9.17) is 18.9 Å². The Balaban J connectivity index is 1.26. The molecule has 0 spiro atoms. The topological polar surface area (TPSA) is 69.3 Å². The van der Waals surface area contributed by atoms with Crippen LogP contribution in [0, 0.1) is 0 Å². The van der Waals surface area contributed by atoms with Crippen LogP contribution in [0.2, 0.25) is 0 Å². The Hall–Kier alpha value is -4.13. The van der Waals surface area contributed by atoms with Gasteiger partial charge >= 0.3 is 6.09 Å². The zero-order valence-electron chi connectivity index (χ0n) is 20.8. The lowest BCUT2D eigenvalue weighted by molar-refractivity contribution is 0.138. The molecule has 3 aromatic rings. The van der Waals surface area contributed by atoms with Crippen molar-refractivity contribution in [2.45, 2.75) is 32.5 Å². The molecule has 0 aliphatic carbocycles. The molecule has 0 saturated carbocycles. The molecule has 1 unspecified atom stereocenters. The second kappa shape index (κ2) is 12.0. The number of hydrogen-bond donors (Lipinski definition) is 1.